The molecule has 0 aromatic heterocycles. The fourth-order valence-corrected chi connectivity index (χ4v) is 5.02. The zero-order valence-electron chi connectivity index (χ0n) is 17.9. The van der Waals surface area contributed by atoms with Crippen LogP contribution in [0, 0.1) is 0 Å². The maximum Gasteiger partial charge on any atom is 0.338 e. The van der Waals surface area contributed by atoms with Gasteiger partial charge in [0.05, 0.1) is 10.6 Å². The smallest absolute Gasteiger partial charge is 0.338 e. The molecule has 2 N–H and O–H groups in total. The van der Waals surface area contributed by atoms with Gasteiger partial charge in [-0.2, -0.15) is 4.31 Å². The van der Waals surface area contributed by atoms with Gasteiger partial charge in [0.1, 0.15) is 4.90 Å². The van der Waals surface area contributed by atoms with E-state index in [9.17, 15) is 22.8 Å². The summed E-state index contributed by atoms with van der Waals surface area (Å²) in [6, 6.07) is 3.05. The van der Waals surface area contributed by atoms with Crippen LogP contribution in [0.15, 0.2) is 23.1 Å². The van der Waals surface area contributed by atoms with Gasteiger partial charge >= 0.3 is 12.0 Å². The fourth-order valence-electron chi connectivity index (χ4n) is 3.00. The first kappa shape index (κ1) is 25.1. The monoisotopic (exact) mass is 473 g/mol. The minimum absolute atomic E-state index is 0.00242. The predicted octanol–water partition coefficient (Wildman–Crippen LogP) is 2.69. The number of halogens is 1. The van der Waals surface area contributed by atoms with Crippen molar-refractivity contribution in [1.29, 1.82) is 0 Å². The molecule has 1 aliphatic heterocycles. The summed E-state index contributed by atoms with van der Waals surface area (Å²) in [5.74, 6) is -1.73. The number of ether oxygens (including phenoxy) is 1. The fraction of sp³-hybridized carbons (Fsp3) is 0.550. The lowest BCUT2D eigenvalue weighted by atomic mass is 10.1. The Bertz CT molecular complexity index is 935. The standard InChI is InChI=1S/C20H28ClN3O6S/c1-20(2,3)23-19(27)22-17(25)13-30-18(26)14-8-9-15(21)16(12-14)31(28,29)24-10-6-4-5-7-11-24/h8-9,12H,4-7,10-11,13H2,1-3H3,(H2,22,23,25,27). The lowest BCUT2D eigenvalue weighted by molar-refractivity contribution is -0.123. The molecule has 0 radical (unpaired) electrons. The summed E-state index contributed by atoms with van der Waals surface area (Å²) < 4.78 is 32.3. The molecule has 1 aromatic carbocycles. The summed E-state index contributed by atoms with van der Waals surface area (Å²) >= 11 is 6.12. The Morgan fingerprint density at radius 1 is 1.10 bits per heavy atom. The molecule has 0 spiro atoms. The molecule has 0 bridgehead atoms. The minimum atomic E-state index is -3.88. The van der Waals surface area contributed by atoms with Crippen LogP contribution >= 0.6 is 11.6 Å². The van der Waals surface area contributed by atoms with Crippen LogP contribution < -0.4 is 10.6 Å². The van der Waals surface area contributed by atoms with E-state index in [0.717, 1.165) is 31.7 Å². The second-order valence-electron chi connectivity index (χ2n) is 8.29. The minimum Gasteiger partial charge on any atom is -0.452 e. The summed E-state index contributed by atoms with van der Waals surface area (Å²) in [7, 11) is -3.88. The molecule has 11 heteroatoms. The highest BCUT2D eigenvalue weighted by molar-refractivity contribution is 7.89. The van der Waals surface area contributed by atoms with Crippen molar-refractivity contribution in [3.05, 3.63) is 28.8 Å². The second kappa shape index (κ2) is 10.4. The molecule has 9 nitrogen and oxygen atoms in total. The van der Waals surface area contributed by atoms with E-state index in [0.29, 0.717) is 13.1 Å². The third kappa shape index (κ3) is 7.48. The van der Waals surface area contributed by atoms with E-state index < -0.39 is 40.1 Å². The van der Waals surface area contributed by atoms with Crippen LogP contribution in [-0.4, -0.2) is 55.9 Å². The number of hydrogen-bond donors (Lipinski definition) is 2. The number of carbonyl (C=O) groups excluding carboxylic acids is 3. The van der Waals surface area contributed by atoms with E-state index in [2.05, 4.69) is 5.32 Å². The second-order valence-corrected chi connectivity index (χ2v) is 10.6. The predicted molar refractivity (Wildman–Crippen MR) is 115 cm³/mol. The highest BCUT2D eigenvalue weighted by Crippen LogP contribution is 2.28. The summed E-state index contributed by atoms with van der Waals surface area (Å²) in [5, 5.41) is 4.58. The quantitative estimate of drug-likeness (QED) is 0.634. The number of amides is 3. The van der Waals surface area contributed by atoms with Crippen molar-refractivity contribution in [2.45, 2.75) is 56.9 Å². The highest BCUT2D eigenvalue weighted by atomic mass is 35.5. The normalized spacial score (nSPS) is 15.6. The first-order valence-corrected chi connectivity index (χ1v) is 11.8. The molecule has 1 aromatic rings. The van der Waals surface area contributed by atoms with Gasteiger partial charge in [0.25, 0.3) is 5.91 Å². The third-order valence-electron chi connectivity index (χ3n) is 4.43. The lowest BCUT2D eigenvalue weighted by Gasteiger charge is -2.21. The van der Waals surface area contributed by atoms with E-state index >= 15 is 0 Å². The summed E-state index contributed by atoms with van der Waals surface area (Å²) in [6.45, 7) is 5.32. The van der Waals surface area contributed by atoms with Crippen LogP contribution in [-0.2, 0) is 19.6 Å². The Morgan fingerprint density at radius 2 is 1.71 bits per heavy atom. The zero-order valence-corrected chi connectivity index (χ0v) is 19.4. The number of imide groups is 1. The van der Waals surface area contributed by atoms with Gasteiger partial charge in [0.15, 0.2) is 6.61 Å². The number of benzene rings is 1. The molecule has 31 heavy (non-hydrogen) atoms. The molecule has 3 amide bonds. The van der Waals surface area contributed by atoms with Crippen molar-refractivity contribution < 1.29 is 27.5 Å². The molecule has 2 rings (SSSR count). The van der Waals surface area contributed by atoms with Gasteiger partial charge in [-0.15, -0.1) is 0 Å². The van der Waals surface area contributed by atoms with Crippen molar-refractivity contribution in [3.63, 3.8) is 0 Å². The van der Waals surface area contributed by atoms with E-state index in [1.807, 2.05) is 5.32 Å². The number of esters is 1. The molecule has 0 atom stereocenters. The van der Waals surface area contributed by atoms with Crippen LogP contribution in [0.5, 0.6) is 0 Å². The Kier molecular flexibility index (Phi) is 8.44. The van der Waals surface area contributed by atoms with Gasteiger partial charge in [-0.05, 0) is 51.8 Å². The summed E-state index contributed by atoms with van der Waals surface area (Å²) in [5.41, 5.74) is -0.607. The number of sulfonamides is 1. The molecule has 1 aliphatic rings. The number of nitrogens with one attached hydrogen (secondary N) is 2. The van der Waals surface area contributed by atoms with Gasteiger partial charge in [-0.1, -0.05) is 24.4 Å². The average molecular weight is 474 g/mol. The van der Waals surface area contributed by atoms with Crippen LogP contribution in [0.25, 0.3) is 0 Å². The first-order chi connectivity index (χ1) is 14.4. The first-order valence-electron chi connectivity index (χ1n) is 9.99. The number of rotatable bonds is 5. The molecular formula is C20H28ClN3O6S. The number of urea groups is 1. The summed E-state index contributed by atoms with van der Waals surface area (Å²) in [4.78, 5) is 35.7. The van der Waals surface area contributed by atoms with E-state index in [-0.39, 0.29) is 15.5 Å². The van der Waals surface area contributed by atoms with Crippen molar-refractivity contribution >= 4 is 39.5 Å². The zero-order chi connectivity index (χ0) is 23.2. The van der Waals surface area contributed by atoms with Crippen molar-refractivity contribution in [3.8, 4) is 0 Å². The Morgan fingerprint density at radius 3 is 2.29 bits per heavy atom. The molecule has 1 saturated heterocycles. The van der Waals surface area contributed by atoms with Gasteiger partial charge in [-0.25, -0.2) is 18.0 Å². The maximum atomic E-state index is 13.0. The van der Waals surface area contributed by atoms with Crippen molar-refractivity contribution in [2.75, 3.05) is 19.7 Å². The van der Waals surface area contributed by atoms with Gasteiger partial charge in [0, 0.05) is 18.6 Å². The van der Waals surface area contributed by atoms with E-state index in [4.69, 9.17) is 16.3 Å². The molecule has 0 unspecified atom stereocenters. The molecule has 172 valence electrons. The maximum absolute atomic E-state index is 13.0. The molecule has 1 heterocycles. The van der Waals surface area contributed by atoms with Crippen molar-refractivity contribution in [2.24, 2.45) is 0 Å². The molecule has 0 aliphatic carbocycles. The number of nitrogens with zero attached hydrogens (tertiary/aromatic N) is 1. The number of hydrogen-bond acceptors (Lipinski definition) is 6. The lowest BCUT2D eigenvalue weighted by Crippen LogP contribution is -2.49. The Hall–Kier alpha value is -2.17. The van der Waals surface area contributed by atoms with Crippen molar-refractivity contribution in [1.82, 2.24) is 14.9 Å². The Labute approximate surface area is 187 Å². The molecule has 1 fully saturated rings. The van der Waals surface area contributed by atoms with Crippen LogP contribution in [0.1, 0.15) is 56.8 Å². The number of carbonyl (C=O) groups is 3. The highest BCUT2D eigenvalue weighted by Gasteiger charge is 2.28. The molecule has 0 saturated carbocycles. The van der Waals surface area contributed by atoms with E-state index in [1.54, 1.807) is 20.8 Å². The van der Waals surface area contributed by atoms with Crippen LogP contribution in [0.3, 0.4) is 0 Å². The van der Waals surface area contributed by atoms with Gasteiger partial charge in [-0.3, -0.25) is 10.1 Å². The average Bonchev–Trinajstić information content (AvgIpc) is 2.94. The third-order valence-corrected chi connectivity index (χ3v) is 6.81. The van der Waals surface area contributed by atoms with E-state index in [1.165, 1.54) is 16.4 Å². The topological polar surface area (TPSA) is 122 Å². The van der Waals surface area contributed by atoms with Crippen LogP contribution in [0.2, 0.25) is 5.02 Å². The van der Waals surface area contributed by atoms with Gasteiger partial charge in [0.2, 0.25) is 10.0 Å². The van der Waals surface area contributed by atoms with Crippen LogP contribution in [0.4, 0.5) is 4.79 Å². The largest absolute Gasteiger partial charge is 0.452 e. The Balaban J connectivity index is 2.06. The summed E-state index contributed by atoms with van der Waals surface area (Å²) in [6.07, 6.45) is 3.44. The van der Waals surface area contributed by atoms with Gasteiger partial charge < -0.3 is 10.1 Å². The SMILES string of the molecule is CC(C)(C)NC(=O)NC(=O)COC(=O)c1ccc(Cl)c(S(=O)(=O)N2CCCCCC2)c1. The molecular weight excluding hydrogens is 446 g/mol.